The van der Waals surface area contributed by atoms with Gasteiger partial charge < -0.3 is 5.11 Å². The first-order valence-electron chi connectivity index (χ1n) is 8.97. The molecule has 1 heterocycles. The van der Waals surface area contributed by atoms with Gasteiger partial charge in [-0.05, 0) is 30.5 Å². The number of rotatable bonds is 9. The number of carboxylic acid groups (broad SMARTS) is 1. The second-order valence-electron chi connectivity index (χ2n) is 6.43. The van der Waals surface area contributed by atoms with Gasteiger partial charge in [-0.1, -0.05) is 38.8 Å². The molecule has 0 saturated heterocycles. The number of carboxylic acids is 1. The summed E-state index contributed by atoms with van der Waals surface area (Å²) in [7, 11) is 0. The highest BCUT2D eigenvalue weighted by Crippen LogP contribution is 2.11. The minimum absolute atomic E-state index is 0.339. The summed E-state index contributed by atoms with van der Waals surface area (Å²) in [5, 5.41) is 9.02. The molecule has 4 nitrogen and oxygen atoms in total. The van der Waals surface area contributed by atoms with E-state index in [-0.39, 0.29) is 0 Å². The fourth-order valence-corrected chi connectivity index (χ4v) is 3.16. The van der Waals surface area contributed by atoms with Crippen LogP contribution in [0, 0.1) is 6.92 Å². The Morgan fingerprint density at radius 1 is 1.12 bits per heavy atom. The van der Waals surface area contributed by atoms with Gasteiger partial charge in [0.25, 0.3) is 5.82 Å². The highest BCUT2D eigenvalue weighted by atomic mass is 16.4. The normalized spacial score (nSPS) is 11.0. The highest BCUT2D eigenvalue weighted by Gasteiger charge is 2.20. The van der Waals surface area contributed by atoms with Crippen molar-refractivity contribution in [1.29, 1.82) is 0 Å². The molecule has 0 radical (unpaired) electrons. The summed E-state index contributed by atoms with van der Waals surface area (Å²) in [4.78, 5) is 11.0. The third-order valence-electron chi connectivity index (χ3n) is 4.42. The van der Waals surface area contributed by atoms with Crippen LogP contribution in [0.1, 0.15) is 67.0 Å². The molecule has 0 spiro atoms. The number of aromatic nitrogens is 2. The molecular formula is C20H29N2O2+. The van der Waals surface area contributed by atoms with Crippen LogP contribution in [-0.4, -0.2) is 15.6 Å². The van der Waals surface area contributed by atoms with E-state index in [4.69, 9.17) is 5.11 Å². The summed E-state index contributed by atoms with van der Waals surface area (Å²) in [5.41, 5.74) is 2.77. The predicted octanol–water partition coefficient (Wildman–Crippen LogP) is 3.97. The third kappa shape index (κ3) is 4.47. The largest absolute Gasteiger partial charge is 0.478 e. The summed E-state index contributed by atoms with van der Waals surface area (Å²) in [6, 6.07) is 7.20. The van der Waals surface area contributed by atoms with Crippen molar-refractivity contribution >= 4 is 5.97 Å². The molecule has 0 aliphatic heterocycles. The van der Waals surface area contributed by atoms with E-state index in [1.807, 2.05) is 12.1 Å². The van der Waals surface area contributed by atoms with Gasteiger partial charge >= 0.3 is 5.97 Å². The van der Waals surface area contributed by atoms with Crippen LogP contribution < -0.4 is 4.57 Å². The maximum atomic E-state index is 11.0. The van der Waals surface area contributed by atoms with Crippen molar-refractivity contribution < 1.29 is 14.5 Å². The van der Waals surface area contributed by atoms with Gasteiger partial charge in [-0.3, -0.25) is 0 Å². The lowest BCUT2D eigenvalue weighted by Gasteiger charge is -2.06. The molecule has 0 fully saturated rings. The molecule has 0 saturated carbocycles. The topological polar surface area (TPSA) is 46.1 Å². The minimum Gasteiger partial charge on any atom is -0.478 e. The van der Waals surface area contributed by atoms with Crippen LogP contribution in [0.2, 0.25) is 0 Å². The maximum absolute atomic E-state index is 11.0. The first-order valence-corrected chi connectivity index (χ1v) is 8.97. The molecule has 0 bridgehead atoms. The molecule has 0 aliphatic rings. The Labute approximate surface area is 144 Å². The minimum atomic E-state index is -0.876. The Bertz CT molecular complexity index is 672. The number of imidazole rings is 1. The van der Waals surface area contributed by atoms with E-state index in [1.165, 1.54) is 30.8 Å². The number of unbranched alkanes of at least 4 members (excludes halogenated alkanes) is 2. The van der Waals surface area contributed by atoms with E-state index in [9.17, 15) is 4.79 Å². The van der Waals surface area contributed by atoms with Crippen LogP contribution in [0.5, 0.6) is 0 Å². The molecule has 1 aromatic heterocycles. The highest BCUT2D eigenvalue weighted by molar-refractivity contribution is 5.87. The van der Waals surface area contributed by atoms with E-state index in [2.05, 4.69) is 36.1 Å². The zero-order valence-electron chi connectivity index (χ0n) is 15.1. The number of nitrogens with zero attached hydrogens (tertiary/aromatic N) is 2. The molecule has 0 atom stereocenters. The van der Waals surface area contributed by atoms with Crippen LogP contribution >= 0.6 is 0 Å². The average molecular weight is 329 g/mol. The zero-order valence-corrected chi connectivity index (χ0v) is 15.1. The number of benzene rings is 1. The van der Waals surface area contributed by atoms with Gasteiger partial charge in [0.1, 0.15) is 18.4 Å². The van der Waals surface area contributed by atoms with Crippen LogP contribution in [-0.2, 0) is 19.5 Å². The predicted molar refractivity (Wildman–Crippen MR) is 95.4 cm³/mol. The molecular weight excluding hydrogens is 300 g/mol. The number of aryl methyl sites for hydroxylation is 1. The van der Waals surface area contributed by atoms with E-state index in [1.54, 1.807) is 12.1 Å². The standard InChI is InChI=1S/C20H28N2O2/c1-4-6-7-8-19-21(14-16(3)22(19)13-5-2)15-17-9-11-18(12-10-17)20(23)24/h9-12,14H,4-8,13,15H2,1-3H3/p+1. The molecule has 2 rings (SSSR count). The first-order chi connectivity index (χ1) is 11.6. The van der Waals surface area contributed by atoms with Gasteiger partial charge in [-0.2, -0.15) is 0 Å². The van der Waals surface area contributed by atoms with Crippen LogP contribution in [0.3, 0.4) is 0 Å². The second kappa shape index (κ2) is 8.67. The molecule has 1 aromatic carbocycles. The van der Waals surface area contributed by atoms with Gasteiger partial charge in [-0.25, -0.2) is 13.9 Å². The number of hydrogen-bond acceptors (Lipinski definition) is 1. The molecule has 4 heteroatoms. The van der Waals surface area contributed by atoms with E-state index < -0.39 is 5.97 Å². The molecule has 0 unspecified atom stereocenters. The van der Waals surface area contributed by atoms with Crippen molar-refractivity contribution in [2.45, 2.75) is 66.0 Å². The fraction of sp³-hybridized carbons (Fsp3) is 0.500. The number of aromatic carboxylic acids is 1. The van der Waals surface area contributed by atoms with Crippen molar-refractivity contribution in [3.8, 4) is 0 Å². The van der Waals surface area contributed by atoms with Crippen LogP contribution in [0.4, 0.5) is 0 Å². The Balaban J connectivity index is 2.24. The van der Waals surface area contributed by atoms with Gasteiger partial charge in [0, 0.05) is 13.3 Å². The summed E-state index contributed by atoms with van der Waals surface area (Å²) in [6.45, 7) is 8.46. The van der Waals surface area contributed by atoms with Gasteiger partial charge in [0.2, 0.25) is 0 Å². The lowest BCUT2D eigenvalue weighted by atomic mass is 10.1. The van der Waals surface area contributed by atoms with Crippen LogP contribution in [0.15, 0.2) is 30.5 Å². The van der Waals surface area contributed by atoms with Crippen molar-refractivity contribution in [3.63, 3.8) is 0 Å². The van der Waals surface area contributed by atoms with E-state index >= 15 is 0 Å². The van der Waals surface area contributed by atoms with Gasteiger partial charge in [0.15, 0.2) is 0 Å². The molecule has 1 N–H and O–H groups in total. The molecule has 130 valence electrons. The fourth-order valence-electron chi connectivity index (χ4n) is 3.16. The zero-order chi connectivity index (χ0) is 17.5. The number of hydrogen-bond donors (Lipinski definition) is 1. The van der Waals surface area contributed by atoms with Crippen molar-refractivity contribution in [1.82, 2.24) is 4.57 Å². The lowest BCUT2D eigenvalue weighted by Crippen LogP contribution is -2.38. The molecule has 0 amide bonds. The van der Waals surface area contributed by atoms with Gasteiger partial charge in [0.05, 0.1) is 12.1 Å². The summed E-state index contributed by atoms with van der Waals surface area (Å²) >= 11 is 0. The maximum Gasteiger partial charge on any atom is 0.335 e. The second-order valence-corrected chi connectivity index (χ2v) is 6.43. The summed E-state index contributed by atoms with van der Waals surface area (Å²) in [6.07, 6.45) is 8.13. The monoisotopic (exact) mass is 329 g/mol. The summed E-state index contributed by atoms with van der Waals surface area (Å²) < 4.78 is 4.76. The Hall–Kier alpha value is -2.10. The average Bonchev–Trinajstić information content (AvgIpc) is 2.84. The Kier molecular flexibility index (Phi) is 6.59. The molecule has 2 aromatic rings. The van der Waals surface area contributed by atoms with E-state index in [0.717, 1.165) is 31.5 Å². The van der Waals surface area contributed by atoms with Crippen molar-refractivity contribution in [2.24, 2.45) is 0 Å². The molecule has 0 aliphatic carbocycles. The van der Waals surface area contributed by atoms with Crippen molar-refractivity contribution in [3.05, 3.63) is 53.1 Å². The number of carbonyl (C=O) groups is 1. The van der Waals surface area contributed by atoms with Gasteiger partial charge in [-0.15, -0.1) is 0 Å². The SMILES string of the molecule is CCCCCc1n(CCC)c(C)c[n+]1Cc1ccc(C(=O)O)cc1. The smallest absolute Gasteiger partial charge is 0.335 e. The lowest BCUT2D eigenvalue weighted by molar-refractivity contribution is -0.695. The van der Waals surface area contributed by atoms with Crippen molar-refractivity contribution in [2.75, 3.05) is 0 Å². The quantitative estimate of drug-likeness (QED) is 0.559. The summed E-state index contributed by atoms with van der Waals surface area (Å²) in [5.74, 6) is 0.504. The third-order valence-corrected chi connectivity index (χ3v) is 4.42. The molecule has 24 heavy (non-hydrogen) atoms. The first kappa shape index (κ1) is 18.2. The Morgan fingerprint density at radius 2 is 1.83 bits per heavy atom. The Morgan fingerprint density at radius 3 is 2.42 bits per heavy atom. The van der Waals surface area contributed by atoms with E-state index in [0.29, 0.717) is 5.56 Å². The van der Waals surface area contributed by atoms with Crippen LogP contribution in [0.25, 0.3) is 0 Å².